The zero-order valence-corrected chi connectivity index (χ0v) is 16.3. The smallest absolute Gasteiger partial charge is 0.193 e. The highest BCUT2D eigenvalue weighted by Gasteiger charge is 2.31. The van der Waals surface area contributed by atoms with Crippen LogP contribution in [0.4, 0.5) is 0 Å². The van der Waals surface area contributed by atoms with Gasteiger partial charge >= 0.3 is 0 Å². The molecule has 0 spiro atoms. The summed E-state index contributed by atoms with van der Waals surface area (Å²) in [5, 5.41) is 3.66. The van der Waals surface area contributed by atoms with Crippen LogP contribution in [-0.2, 0) is 4.74 Å². The van der Waals surface area contributed by atoms with Gasteiger partial charge in [-0.15, -0.1) is 0 Å². The second-order valence-corrected chi connectivity index (χ2v) is 7.84. The van der Waals surface area contributed by atoms with Gasteiger partial charge in [-0.3, -0.25) is 9.89 Å². The summed E-state index contributed by atoms with van der Waals surface area (Å²) in [5.41, 5.74) is 0. The molecular weight excluding hydrogens is 314 g/mol. The molecule has 0 radical (unpaired) electrons. The van der Waals surface area contributed by atoms with Gasteiger partial charge in [0.2, 0.25) is 0 Å². The Labute approximate surface area is 153 Å². The number of guanidine groups is 1. The minimum Gasteiger partial charge on any atom is -0.383 e. The number of nitrogens with zero attached hydrogens (tertiary/aromatic N) is 4. The van der Waals surface area contributed by atoms with Gasteiger partial charge in [-0.25, -0.2) is 0 Å². The number of likely N-dealkylation sites (tertiary alicyclic amines) is 3. The maximum atomic E-state index is 5.19. The predicted molar refractivity (Wildman–Crippen MR) is 103 cm³/mol. The summed E-state index contributed by atoms with van der Waals surface area (Å²) in [5.74, 6) is 1.89. The standard InChI is InChI=1S/C19H37N5O/c1-20-19(24-12-7-18(16-24)23-8-3-4-9-23)21-15-17-5-10-22(11-6-17)13-14-25-2/h17-18H,3-16H2,1-2H3,(H,20,21). The van der Waals surface area contributed by atoms with E-state index in [0.29, 0.717) is 0 Å². The quantitative estimate of drug-likeness (QED) is 0.573. The molecule has 3 heterocycles. The maximum absolute atomic E-state index is 5.19. The molecule has 0 bridgehead atoms. The van der Waals surface area contributed by atoms with Crippen LogP contribution in [-0.4, -0.2) is 99.8 Å². The molecule has 3 rings (SSSR count). The molecule has 1 atom stereocenters. The molecule has 1 unspecified atom stereocenters. The van der Waals surface area contributed by atoms with Crippen molar-refractivity contribution in [2.45, 2.75) is 38.1 Å². The van der Waals surface area contributed by atoms with Crippen molar-refractivity contribution in [2.75, 3.05) is 73.1 Å². The van der Waals surface area contributed by atoms with Crippen LogP contribution < -0.4 is 5.32 Å². The van der Waals surface area contributed by atoms with Crippen LogP contribution in [0.2, 0.25) is 0 Å². The van der Waals surface area contributed by atoms with E-state index < -0.39 is 0 Å². The lowest BCUT2D eigenvalue weighted by atomic mass is 9.97. The molecule has 3 aliphatic rings. The van der Waals surface area contributed by atoms with Crippen molar-refractivity contribution in [3.8, 4) is 0 Å². The molecule has 3 aliphatic heterocycles. The Balaban J connectivity index is 1.37. The molecule has 0 amide bonds. The van der Waals surface area contributed by atoms with Crippen LogP contribution in [0.3, 0.4) is 0 Å². The fraction of sp³-hybridized carbons (Fsp3) is 0.947. The van der Waals surface area contributed by atoms with Gasteiger partial charge in [0, 0.05) is 46.4 Å². The highest BCUT2D eigenvalue weighted by molar-refractivity contribution is 5.80. The molecule has 0 aliphatic carbocycles. The lowest BCUT2D eigenvalue weighted by Gasteiger charge is -2.32. The van der Waals surface area contributed by atoms with E-state index in [-0.39, 0.29) is 0 Å². The molecule has 0 aromatic rings. The minimum atomic E-state index is 0.741. The van der Waals surface area contributed by atoms with Crippen LogP contribution in [0, 0.1) is 5.92 Å². The molecule has 6 nitrogen and oxygen atoms in total. The highest BCUT2D eigenvalue weighted by Crippen LogP contribution is 2.21. The van der Waals surface area contributed by atoms with Gasteiger partial charge in [0.05, 0.1) is 6.61 Å². The SMILES string of the molecule is CN=C(NCC1CCN(CCOC)CC1)N1CCC(N2CCCC2)C1. The van der Waals surface area contributed by atoms with E-state index in [0.717, 1.165) is 50.7 Å². The van der Waals surface area contributed by atoms with Gasteiger partial charge in [0.1, 0.15) is 0 Å². The average molecular weight is 352 g/mol. The van der Waals surface area contributed by atoms with E-state index in [4.69, 9.17) is 4.74 Å². The first-order valence-electron chi connectivity index (χ1n) is 10.2. The summed E-state index contributed by atoms with van der Waals surface area (Å²) in [7, 11) is 3.72. The Kier molecular flexibility index (Phi) is 7.37. The van der Waals surface area contributed by atoms with Crippen molar-refractivity contribution in [1.29, 1.82) is 0 Å². The van der Waals surface area contributed by atoms with Gasteiger partial charge in [0.25, 0.3) is 0 Å². The first kappa shape index (κ1) is 18.9. The van der Waals surface area contributed by atoms with Crippen molar-refractivity contribution < 1.29 is 4.74 Å². The van der Waals surface area contributed by atoms with Crippen LogP contribution in [0.15, 0.2) is 4.99 Å². The zero-order valence-electron chi connectivity index (χ0n) is 16.3. The van der Waals surface area contributed by atoms with Crippen molar-refractivity contribution in [3.05, 3.63) is 0 Å². The fourth-order valence-corrected chi connectivity index (χ4v) is 4.54. The van der Waals surface area contributed by atoms with Crippen molar-refractivity contribution in [2.24, 2.45) is 10.9 Å². The first-order chi connectivity index (χ1) is 12.3. The minimum absolute atomic E-state index is 0.741. The Morgan fingerprint density at radius 2 is 1.84 bits per heavy atom. The van der Waals surface area contributed by atoms with Gasteiger partial charge < -0.3 is 19.9 Å². The normalized spacial score (nSPS) is 27.4. The summed E-state index contributed by atoms with van der Waals surface area (Å²) >= 11 is 0. The van der Waals surface area contributed by atoms with Crippen molar-refractivity contribution in [3.63, 3.8) is 0 Å². The molecule has 144 valence electrons. The maximum Gasteiger partial charge on any atom is 0.193 e. The molecule has 3 fully saturated rings. The topological polar surface area (TPSA) is 43.3 Å². The highest BCUT2D eigenvalue weighted by atomic mass is 16.5. The number of hydrogen-bond donors (Lipinski definition) is 1. The van der Waals surface area contributed by atoms with Gasteiger partial charge in [-0.2, -0.15) is 0 Å². The van der Waals surface area contributed by atoms with E-state index in [2.05, 4.69) is 25.0 Å². The summed E-state index contributed by atoms with van der Waals surface area (Å²) in [6, 6.07) is 0.741. The third-order valence-electron chi connectivity index (χ3n) is 6.20. The number of nitrogens with one attached hydrogen (secondary N) is 1. The number of methoxy groups -OCH3 is 1. The lowest BCUT2D eigenvalue weighted by molar-refractivity contribution is 0.120. The third-order valence-corrected chi connectivity index (χ3v) is 6.20. The third kappa shape index (κ3) is 5.31. The number of ether oxygens (including phenoxy) is 1. The van der Waals surface area contributed by atoms with Crippen LogP contribution in [0.1, 0.15) is 32.1 Å². The Morgan fingerprint density at radius 1 is 1.08 bits per heavy atom. The molecule has 0 aromatic carbocycles. The largest absolute Gasteiger partial charge is 0.383 e. The number of piperidine rings is 1. The number of rotatable bonds is 6. The van der Waals surface area contributed by atoms with Crippen molar-refractivity contribution in [1.82, 2.24) is 20.0 Å². The number of aliphatic imine (C=N–C) groups is 1. The molecule has 0 aromatic heterocycles. The molecule has 0 saturated carbocycles. The molecule has 6 heteroatoms. The molecule has 1 N–H and O–H groups in total. The van der Waals surface area contributed by atoms with E-state index >= 15 is 0 Å². The van der Waals surface area contributed by atoms with E-state index in [1.165, 1.54) is 58.3 Å². The van der Waals surface area contributed by atoms with Crippen LogP contribution >= 0.6 is 0 Å². The van der Waals surface area contributed by atoms with E-state index in [1.807, 2.05) is 7.05 Å². The van der Waals surface area contributed by atoms with Gasteiger partial charge in [-0.1, -0.05) is 0 Å². The summed E-state index contributed by atoms with van der Waals surface area (Å²) in [6.07, 6.45) is 6.62. The summed E-state index contributed by atoms with van der Waals surface area (Å²) < 4.78 is 5.19. The van der Waals surface area contributed by atoms with Crippen LogP contribution in [0.5, 0.6) is 0 Å². The molecule has 3 saturated heterocycles. The summed E-state index contributed by atoms with van der Waals surface area (Å²) in [6.45, 7) is 10.3. The van der Waals surface area contributed by atoms with Gasteiger partial charge in [-0.05, 0) is 64.2 Å². The fourth-order valence-electron chi connectivity index (χ4n) is 4.54. The second kappa shape index (κ2) is 9.74. The van der Waals surface area contributed by atoms with Crippen LogP contribution in [0.25, 0.3) is 0 Å². The average Bonchev–Trinajstić information content (AvgIpc) is 3.33. The van der Waals surface area contributed by atoms with E-state index in [9.17, 15) is 0 Å². The lowest BCUT2D eigenvalue weighted by Crippen LogP contribution is -2.45. The van der Waals surface area contributed by atoms with Crippen molar-refractivity contribution >= 4 is 5.96 Å². The Bertz CT molecular complexity index is 416. The van der Waals surface area contributed by atoms with E-state index in [1.54, 1.807) is 7.11 Å². The second-order valence-electron chi connectivity index (χ2n) is 7.84. The molecular formula is C19H37N5O. The first-order valence-corrected chi connectivity index (χ1v) is 10.2. The predicted octanol–water partition coefficient (Wildman–Crippen LogP) is 1.09. The Hall–Kier alpha value is -0.850. The van der Waals surface area contributed by atoms with Gasteiger partial charge in [0.15, 0.2) is 5.96 Å². The zero-order chi connectivity index (χ0) is 17.5. The number of hydrogen-bond acceptors (Lipinski definition) is 4. The molecule has 25 heavy (non-hydrogen) atoms. The monoisotopic (exact) mass is 351 g/mol. The Morgan fingerprint density at radius 3 is 2.52 bits per heavy atom. The summed E-state index contributed by atoms with van der Waals surface area (Å²) in [4.78, 5) is 12.2.